The Balaban J connectivity index is 2.22. The van der Waals surface area contributed by atoms with E-state index in [0.29, 0.717) is 11.5 Å². The van der Waals surface area contributed by atoms with Gasteiger partial charge in [0.1, 0.15) is 5.75 Å². The first kappa shape index (κ1) is 13.3. The number of ketones is 1. The molecule has 2 heteroatoms. The lowest BCUT2D eigenvalue weighted by atomic mass is 9.98. The standard InChI is InChI=1S/C17H18O2/c1-12(2)13-4-6-14(7-5-13)17(18)15-8-10-16(19-3)11-9-15/h4-12H,1-3H3. The van der Waals surface area contributed by atoms with E-state index in [1.165, 1.54) is 5.56 Å². The normalized spacial score (nSPS) is 10.5. The van der Waals surface area contributed by atoms with Crippen LogP contribution < -0.4 is 4.74 Å². The molecule has 0 aliphatic heterocycles. The van der Waals surface area contributed by atoms with Crippen molar-refractivity contribution in [1.29, 1.82) is 0 Å². The van der Waals surface area contributed by atoms with E-state index in [1.54, 1.807) is 31.4 Å². The van der Waals surface area contributed by atoms with Gasteiger partial charge in [-0.1, -0.05) is 38.1 Å². The Labute approximate surface area is 114 Å². The summed E-state index contributed by atoms with van der Waals surface area (Å²) in [7, 11) is 1.61. The molecule has 0 aliphatic carbocycles. The largest absolute Gasteiger partial charge is 0.497 e. The van der Waals surface area contributed by atoms with Gasteiger partial charge in [-0.25, -0.2) is 0 Å². The lowest BCUT2D eigenvalue weighted by molar-refractivity contribution is 0.103. The van der Waals surface area contributed by atoms with Gasteiger partial charge in [-0.05, 0) is 35.7 Å². The number of ether oxygens (including phenoxy) is 1. The van der Waals surface area contributed by atoms with E-state index in [0.717, 1.165) is 11.3 Å². The van der Waals surface area contributed by atoms with Gasteiger partial charge in [0.25, 0.3) is 0 Å². The lowest BCUT2D eigenvalue weighted by Gasteiger charge is -2.07. The van der Waals surface area contributed by atoms with E-state index in [4.69, 9.17) is 4.74 Å². The third-order valence-corrected chi connectivity index (χ3v) is 3.19. The van der Waals surface area contributed by atoms with Crippen molar-refractivity contribution < 1.29 is 9.53 Å². The molecule has 0 bridgehead atoms. The monoisotopic (exact) mass is 254 g/mol. The summed E-state index contributed by atoms with van der Waals surface area (Å²) in [6, 6.07) is 15.0. The number of benzene rings is 2. The molecule has 0 aromatic heterocycles. The summed E-state index contributed by atoms with van der Waals surface area (Å²) in [5.74, 6) is 1.27. The number of hydrogen-bond acceptors (Lipinski definition) is 2. The van der Waals surface area contributed by atoms with Gasteiger partial charge in [-0.2, -0.15) is 0 Å². The minimum Gasteiger partial charge on any atom is -0.497 e. The van der Waals surface area contributed by atoms with Gasteiger partial charge < -0.3 is 4.74 Å². The molecule has 0 unspecified atom stereocenters. The Kier molecular flexibility index (Phi) is 4.00. The Bertz CT molecular complexity index is 551. The van der Waals surface area contributed by atoms with E-state index < -0.39 is 0 Å². The molecule has 19 heavy (non-hydrogen) atoms. The Morgan fingerprint density at radius 1 is 0.895 bits per heavy atom. The van der Waals surface area contributed by atoms with E-state index in [9.17, 15) is 4.79 Å². The molecule has 0 radical (unpaired) electrons. The average molecular weight is 254 g/mol. The average Bonchev–Trinajstić information content (AvgIpc) is 2.46. The van der Waals surface area contributed by atoms with E-state index >= 15 is 0 Å². The fourth-order valence-electron chi connectivity index (χ4n) is 1.93. The van der Waals surface area contributed by atoms with Crippen molar-refractivity contribution in [2.75, 3.05) is 7.11 Å². The Hall–Kier alpha value is -2.09. The molecule has 98 valence electrons. The fraction of sp³-hybridized carbons (Fsp3) is 0.235. The first-order valence-corrected chi connectivity index (χ1v) is 6.40. The second-order valence-corrected chi connectivity index (χ2v) is 4.83. The zero-order chi connectivity index (χ0) is 13.8. The van der Waals surface area contributed by atoms with Gasteiger partial charge in [0.2, 0.25) is 0 Å². The smallest absolute Gasteiger partial charge is 0.193 e. The maximum atomic E-state index is 12.3. The van der Waals surface area contributed by atoms with Crippen LogP contribution in [0.4, 0.5) is 0 Å². The molecule has 0 saturated carbocycles. The molecular formula is C17H18O2. The first-order chi connectivity index (χ1) is 9.11. The van der Waals surface area contributed by atoms with Crippen LogP contribution in [0.1, 0.15) is 41.3 Å². The molecular weight excluding hydrogens is 236 g/mol. The Morgan fingerprint density at radius 3 is 1.79 bits per heavy atom. The van der Waals surface area contributed by atoms with Crippen LogP contribution in [0, 0.1) is 0 Å². The molecule has 2 rings (SSSR count). The molecule has 0 saturated heterocycles. The summed E-state index contributed by atoms with van der Waals surface area (Å²) in [6.45, 7) is 4.28. The molecule has 2 aromatic carbocycles. The predicted octanol–water partition coefficient (Wildman–Crippen LogP) is 4.05. The number of methoxy groups -OCH3 is 1. The van der Waals surface area contributed by atoms with Crippen LogP contribution in [0.15, 0.2) is 48.5 Å². The van der Waals surface area contributed by atoms with Gasteiger partial charge in [-0.3, -0.25) is 4.79 Å². The van der Waals surface area contributed by atoms with E-state index in [-0.39, 0.29) is 5.78 Å². The van der Waals surface area contributed by atoms with Crippen LogP contribution in [0.2, 0.25) is 0 Å². The molecule has 0 N–H and O–H groups in total. The minimum atomic E-state index is 0.0398. The van der Waals surface area contributed by atoms with Crippen molar-refractivity contribution >= 4 is 5.78 Å². The van der Waals surface area contributed by atoms with Crippen LogP contribution in [0.25, 0.3) is 0 Å². The Morgan fingerprint density at radius 2 is 1.37 bits per heavy atom. The number of rotatable bonds is 4. The first-order valence-electron chi connectivity index (χ1n) is 6.40. The topological polar surface area (TPSA) is 26.3 Å². The van der Waals surface area contributed by atoms with Crippen LogP contribution >= 0.6 is 0 Å². The number of hydrogen-bond donors (Lipinski definition) is 0. The second-order valence-electron chi connectivity index (χ2n) is 4.83. The molecule has 0 aliphatic rings. The zero-order valence-corrected chi connectivity index (χ0v) is 11.5. The van der Waals surface area contributed by atoms with Crippen molar-refractivity contribution in [1.82, 2.24) is 0 Å². The summed E-state index contributed by atoms with van der Waals surface area (Å²) in [5.41, 5.74) is 2.64. The lowest BCUT2D eigenvalue weighted by Crippen LogP contribution is -2.01. The molecule has 2 nitrogen and oxygen atoms in total. The summed E-state index contributed by atoms with van der Waals surface area (Å²) in [6.07, 6.45) is 0. The summed E-state index contributed by atoms with van der Waals surface area (Å²) in [5, 5.41) is 0. The minimum absolute atomic E-state index is 0.0398. The third-order valence-electron chi connectivity index (χ3n) is 3.19. The van der Waals surface area contributed by atoms with Gasteiger partial charge in [0.05, 0.1) is 7.11 Å². The summed E-state index contributed by atoms with van der Waals surface area (Å²) < 4.78 is 5.09. The van der Waals surface area contributed by atoms with Crippen molar-refractivity contribution in [3.63, 3.8) is 0 Å². The molecule has 0 heterocycles. The van der Waals surface area contributed by atoms with Gasteiger partial charge in [0, 0.05) is 11.1 Å². The second kappa shape index (κ2) is 5.70. The molecule has 0 amide bonds. The maximum absolute atomic E-state index is 12.3. The van der Waals surface area contributed by atoms with Crippen LogP contribution in [0.5, 0.6) is 5.75 Å². The van der Waals surface area contributed by atoms with Crippen molar-refractivity contribution in [3.05, 3.63) is 65.2 Å². The van der Waals surface area contributed by atoms with Crippen molar-refractivity contribution in [2.45, 2.75) is 19.8 Å². The summed E-state index contributed by atoms with van der Waals surface area (Å²) in [4.78, 5) is 12.3. The van der Waals surface area contributed by atoms with Crippen molar-refractivity contribution in [3.8, 4) is 5.75 Å². The van der Waals surface area contributed by atoms with Gasteiger partial charge in [0.15, 0.2) is 5.78 Å². The van der Waals surface area contributed by atoms with Crippen molar-refractivity contribution in [2.24, 2.45) is 0 Å². The van der Waals surface area contributed by atoms with Crippen LogP contribution in [0.3, 0.4) is 0 Å². The number of carbonyl (C=O) groups excluding carboxylic acids is 1. The quantitative estimate of drug-likeness (QED) is 0.769. The zero-order valence-electron chi connectivity index (χ0n) is 11.5. The van der Waals surface area contributed by atoms with E-state index in [2.05, 4.69) is 13.8 Å². The highest BCUT2D eigenvalue weighted by Gasteiger charge is 2.09. The SMILES string of the molecule is COc1ccc(C(=O)c2ccc(C(C)C)cc2)cc1. The predicted molar refractivity (Wildman–Crippen MR) is 77.0 cm³/mol. The van der Waals surface area contributed by atoms with Gasteiger partial charge >= 0.3 is 0 Å². The van der Waals surface area contributed by atoms with E-state index in [1.807, 2.05) is 24.3 Å². The number of carbonyl (C=O) groups is 1. The third kappa shape index (κ3) is 3.02. The highest BCUT2D eigenvalue weighted by molar-refractivity contribution is 6.09. The summed E-state index contributed by atoms with van der Waals surface area (Å²) >= 11 is 0. The maximum Gasteiger partial charge on any atom is 0.193 e. The fourth-order valence-corrected chi connectivity index (χ4v) is 1.93. The molecule has 2 aromatic rings. The molecule has 0 atom stereocenters. The van der Waals surface area contributed by atoms with Crippen LogP contribution in [-0.2, 0) is 0 Å². The van der Waals surface area contributed by atoms with Crippen LogP contribution in [-0.4, -0.2) is 12.9 Å². The van der Waals surface area contributed by atoms with Gasteiger partial charge in [-0.15, -0.1) is 0 Å². The molecule has 0 fully saturated rings. The highest BCUT2D eigenvalue weighted by atomic mass is 16.5. The molecule has 0 spiro atoms. The highest BCUT2D eigenvalue weighted by Crippen LogP contribution is 2.18.